The van der Waals surface area contributed by atoms with Gasteiger partial charge in [-0.15, -0.1) is 0 Å². The quantitative estimate of drug-likeness (QED) is 0.696. The zero-order chi connectivity index (χ0) is 16.5. The van der Waals surface area contributed by atoms with E-state index in [-0.39, 0.29) is 23.8 Å². The molecular formula is C16H26N2O4. The molecular weight excluding hydrogens is 284 g/mol. The van der Waals surface area contributed by atoms with Gasteiger partial charge in [0, 0.05) is 13.1 Å². The van der Waals surface area contributed by atoms with Crippen LogP contribution in [0.4, 0.5) is 4.79 Å². The summed E-state index contributed by atoms with van der Waals surface area (Å²) in [6.07, 6.45) is 2.19. The number of nitrogens with zero attached hydrogens (tertiary/aromatic N) is 2. The van der Waals surface area contributed by atoms with Crippen LogP contribution in [0.2, 0.25) is 0 Å². The molecule has 2 rings (SSSR count). The van der Waals surface area contributed by atoms with Crippen LogP contribution in [-0.2, 0) is 14.3 Å². The number of ether oxygens (including phenoxy) is 2. The van der Waals surface area contributed by atoms with Crippen LogP contribution < -0.4 is 0 Å². The van der Waals surface area contributed by atoms with Crippen molar-refractivity contribution in [1.29, 1.82) is 0 Å². The number of carbonyl (C=O) groups excluding carboxylic acids is 2. The Morgan fingerprint density at radius 2 is 1.91 bits per heavy atom. The molecule has 0 aliphatic carbocycles. The van der Waals surface area contributed by atoms with Crippen molar-refractivity contribution < 1.29 is 19.1 Å². The highest BCUT2D eigenvalue weighted by atomic mass is 16.6. The normalized spacial score (nSPS) is 24.5. The van der Waals surface area contributed by atoms with Gasteiger partial charge >= 0.3 is 6.09 Å². The first kappa shape index (κ1) is 16.8. The van der Waals surface area contributed by atoms with E-state index in [4.69, 9.17) is 9.47 Å². The molecule has 2 aliphatic rings. The summed E-state index contributed by atoms with van der Waals surface area (Å²) in [5.41, 5.74) is -0.839. The molecule has 0 aromatic rings. The minimum Gasteiger partial charge on any atom is -0.444 e. The van der Waals surface area contributed by atoms with Crippen LogP contribution in [0.3, 0.4) is 0 Å². The fraction of sp³-hybridized carbons (Fsp3) is 0.750. The highest BCUT2D eigenvalue weighted by molar-refractivity contribution is 5.87. The molecule has 22 heavy (non-hydrogen) atoms. The fourth-order valence-corrected chi connectivity index (χ4v) is 2.98. The van der Waals surface area contributed by atoms with Gasteiger partial charge in [0.2, 0.25) is 5.91 Å². The van der Waals surface area contributed by atoms with E-state index >= 15 is 0 Å². The van der Waals surface area contributed by atoms with Gasteiger partial charge in [-0.25, -0.2) is 4.79 Å². The number of likely N-dealkylation sites (tertiary alicyclic amines) is 1. The molecule has 0 N–H and O–H groups in total. The van der Waals surface area contributed by atoms with E-state index in [1.54, 1.807) is 9.80 Å². The first-order chi connectivity index (χ1) is 10.2. The molecule has 2 fully saturated rings. The maximum atomic E-state index is 12.1. The van der Waals surface area contributed by atoms with Gasteiger partial charge in [-0.05, 0) is 46.6 Å². The van der Waals surface area contributed by atoms with Gasteiger partial charge in [-0.3, -0.25) is 4.79 Å². The molecule has 2 heterocycles. The summed E-state index contributed by atoms with van der Waals surface area (Å²) in [6, 6.07) is 0. The Hall–Kier alpha value is -1.56. The van der Waals surface area contributed by atoms with Crippen LogP contribution in [0.5, 0.6) is 0 Å². The van der Waals surface area contributed by atoms with E-state index in [0.717, 1.165) is 0 Å². The maximum Gasteiger partial charge on any atom is 0.410 e. The van der Waals surface area contributed by atoms with E-state index in [1.807, 2.05) is 27.7 Å². The lowest BCUT2D eigenvalue weighted by Gasteiger charge is -2.38. The molecule has 0 aromatic heterocycles. The number of hydrogen-bond donors (Lipinski definition) is 0. The Kier molecular flexibility index (Phi) is 4.52. The predicted octanol–water partition coefficient (Wildman–Crippen LogP) is 2.15. The van der Waals surface area contributed by atoms with Crippen molar-refractivity contribution in [3.05, 3.63) is 12.7 Å². The van der Waals surface area contributed by atoms with Gasteiger partial charge in [-0.1, -0.05) is 6.58 Å². The number of carbonyl (C=O) groups is 2. The molecule has 6 nitrogen and oxygen atoms in total. The molecule has 124 valence electrons. The lowest BCUT2D eigenvalue weighted by Crippen LogP contribution is -2.50. The van der Waals surface area contributed by atoms with Crippen LogP contribution in [0.25, 0.3) is 0 Å². The molecule has 2 saturated heterocycles. The molecule has 0 aromatic carbocycles. The maximum absolute atomic E-state index is 12.1. The SMILES string of the molecule is C=CC(=O)N1CC2(CCN(C(=O)OC(C)(C)C)CC2)OC1C. The van der Waals surface area contributed by atoms with Gasteiger partial charge in [0.25, 0.3) is 0 Å². The van der Waals surface area contributed by atoms with E-state index < -0.39 is 5.60 Å². The fourth-order valence-electron chi connectivity index (χ4n) is 2.98. The van der Waals surface area contributed by atoms with Gasteiger partial charge in [-0.2, -0.15) is 0 Å². The van der Waals surface area contributed by atoms with Gasteiger partial charge in [0.05, 0.1) is 12.1 Å². The summed E-state index contributed by atoms with van der Waals surface area (Å²) >= 11 is 0. The topological polar surface area (TPSA) is 59.1 Å². The molecule has 1 spiro atoms. The summed E-state index contributed by atoms with van der Waals surface area (Å²) in [7, 11) is 0. The molecule has 0 radical (unpaired) electrons. The van der Waals surface area contributed by atoms with Crippen LogP contribution in [0.1, 0.15) is 40.5 Å². The molecule has 6 heteroatoms. The van der Waals surface area contributed by atoms with Crippen molar-refractivity contribution in [2.24, 2.45) is 0 Å². The van der Waals surface area contributed by atoms with E-state index in [1.165, 1.54) is 6.08 Å². The summed E-state index contributed by atoms with van der Waals surface area (Å²) in [5.74, 6) is -0.112. The second-order valence-corrected chi connectivity index (χ2v) is 7.04. The summed E-state index contributed by atoms with van der Waals surface area (Å²) < 4.78 is 11.4. The van der Waals surface area contributed by atoms with E-state index in [2.05, 4.69) is 6.58 Å². The highest BCUT2D eigenvalue weighted by Crippen LogP contribution is 2.35. The van der Waals surface area contributed by atoms with Gasteiger partial charge < -0.3 is 19.3 Å². The second kappa shape index (κ2) is 5.91. The van der Waals surface area contributed by atoms with Gasteiger partial charge in [0.15, 0.2) is 0 Å². The zero-order valence-electron chi connectivity index (χ0n) is 13.9. The van der Waals surface area contributed by atoms with Gasteiger partial charge in [0.1, 0.15) is 11.8 Å². The standard InChI is InChI=1S/C16H26N2O4/c1-6-13(19)18-11-16(21-12(18)2)7-9-17(10-8-16)14(20)22-15(3,4)5/h6,12H,1,7-11H2,2-5H3. The van der Waals surface area contributed by atoms with Crippen LogP contribution in [0, 0.1) is 0 Å². The first-order valence-electron chi connectivity index (χ1n) is 7.75. The monoisotopic (exact) mass is 310 g/mol. The average molecular weight is 310 g/mol. The number of hydrogen-bond acceptors (Lipinski definition) is 4. The lowest BCUT2D eigenvalue weighted by atomic mass is 9.91. The zero-order valence-corrected chi connectivity index (χ0v) is 13.9. The van der Waals surface area contributed by atoms with Crippen molar-refractivity contribution in [2.75, 3.05) is 19.6 Å². The summed E-state index contributed by atoms with van der Waals surface area (Å²) in [6.45, 7) is 12.7. The molecule has 0 saturated carbocycles. The van der Waals surface area contributed by atoms with E-state index in [9.17, 15) is 9.59 Å². The average Bonchev–Trinajstić information content (AvgIpc) is 2.73. The smallest absolute Gasteiger partial charge is 0.410 e. The number of rotatable bonds is 1. The first-order valence-corrected chi connectivity index (χ1v) is 7.75. The largest absolute Gasteiger partial charge is 0.444 e. The van der Waals surface area contributed by atoms with E-state index in [0.29, 0.717) is 32.5 Å². The predicted molar refractivity (Wildman–Crippen MR) is 82.2 cm³/mol. The van der Waals surface area contributed by atoms with Crippen molar-refractivity contribution >= 4 is 12.0 Å². The minimum absolute atomic E-state index is 0.112. The Morgan fingerprint density at radius 1 is 1.32 bits per heavy atom. The van der Waals surface area contributed by atoms with Crippen LogP contribution in [0.15, 0.2) is 12.7 Å². The Morgan fingerprint density at radius 3 is 2.41 bits per heavy atom. The molecule has 2 amide bonds. The Labute approximate surface area is 132 Å². The third-order valence-corrected chi connectivity index (χ3v) is 4.10. The Balaban J connectivity index is 1.93. The number of piperidine rings is 1. The molecule has 1 unspecified atom stereocenters. The minimum atomic E-state index is -0.488. The third-order valence-electron chi connectivity index (χ3n) is 4.10. The van der Waals surface area contributed by atoms with Crippen LogP contribution >= 0.6 is 0 Å². The summed E-state index contributed by atoms with van der Waals surface area (Å²) in [4.78, 5) is 27.3. The number of amides is 2. The molecule has 2 aliphatic heterocycles. The third kappa shape index (κ3) is 3.61. The van der Waals surface area contributed by atoms with Crippen molar-refractivity contribution in [3.63, 3.8) is 0 Å². The van der Waals surface area contributed by atoms with Crippen molar-refractivity contribution in [1.82, 2.24) is 9.80 Å². The second-order valence-electron chi connectivity index (χ2n) is 7.04. The summed E-state index contributed by atoms with van der Waals surface area (Å²) in [5, 5.41) is 0. The molecule has 0 bridgehead atoms. The highest BCUT2D eigenvalue weighted by Gasteiger charge is 2.47. The van der Waals surface area contributed by atoms with Crippen LogP contribution in [-0.4, -0.2) is 58.9 Å². The van der Waals surface area contributed by atoms with Crippen molar-refractivity contribution in [3.8, 4) is 0 Å². The van der Waals surface area contributed by atoms with Crippen molar-refractivity contribution in [2.45, 2.75) is 58.0 Å². The molecule has 1 atom stereocenters. The lowest BCUT2D eigenvalue weighted by molar-refractivity contribution is -0.131. The Bertz CT molecular complexity index is 461.